The van der Waals surface area contributed by atoms with Gasteiger partial charge < -0.3 is 10.0 Å². The maximum Gasteiger partial charge on any atom is 0.305 e. The number of piperidine rings is 1. The average molecular weight is 276 g/mol. The highest BCUT2D eigenvalue weighted by Gasteiger charge is 2.25. The molecule has 0 radical (unpaired) electrons. The predicted molar refractivity (Wildman–Crippen MR) is 72.3 cm³/mol. The second-order valence-electron chi connectivity index (χ2n) is 4.76. The highest BCUT2D eigenvalue weighted by atomic mass is 16.6. The van der Waals surface area contributed by atoms with Crippen LogP contribution in [-0.2, 0) is 0 Å². The van der Waals surface area contributed by atoms with Crippen LogP contribution in [0, 0.1) is 21.4 Å². The largest absolute Gasteiger partial charge is 0.396 e. The molecule has 0 saturated carbocycles. The van der Waals surface area contributed by atoms with E-state index in [-0.39, 0.29) is 24.0 Å². The van der Waals surface area contributed by atoms with Crippen molar-refractivity contribution < 1.29 is 10.0 Å². The van der Waals surface area contributed by atoms with E-state index in [1.165, 1.54) is 6.07 Å². The number of aromatic nitrogens is 1. The van der Waals surface area contributed by atoms with E-state index in [4.69, 9.17) is 10.4 Å². The molecule has 0 spiro atoms. The van der Waals surface area contributed by atoms with Gasteiger partial charge in [-0.25, -0.2) is 4.98 Å². The molecule has 106 valence electrons. The molecule has 1 saturated heterocycles. The summed E-state index contributed by atoms with van der Waals surface area (Å²) >= 11 is 0. The summed E-state index contributed by atoms with van der Waals surface area (Å²) in [5, 5.41) is 28.9. The Bertz CT molecular complexity index is 539. The maximum atomic E-state index is 10.8. The molecule has 2 heterocycles. The summed E-state index contributed by atoms with van der Waals surface area (Å²) in [6.07, 6.45) is 3.71. The minimum absolute atomic E-state index is 0.0965. The van der Waals surface area contributed by atoms with Gasteiger partial charge in [0.25, 0.3) is 0 Å². The van der Waals surface area contributed by atoms with E-state index in [9.17, 15) is 10.1 Å². The molecule has 7 nitrogen and oxygen atoms in total. The van der Waals surface area contributed by atoms with Crippen LogP contribution in [0.5, 0.6) is 0 Å². The topological polar surface area (TPSA) is 103 Å². The number of nitro groups is 1. The van der Waals surface area contributed by atoms with Gasteiger partial charge in [-0.3, -0.25) is 10.1 Å². The molecule has 20 heavy (non-hydrogen) atoms. The monoisotopic (exact) mass is 276 g/mol. The highest BCUT2D eigenvalue weighted by Crippen LogP contribution is 2.27. The summed E-state index contributed by atoms with van der Waals surface area (Å²) in [4.78, 5) is 16.3. The van der Waals surface area contributed by atoms with Gasteiger partial charge in [-0.2, -0.15) is 5.26 Å². The zero-order valence-corrected chi connectivity index (χ0v) is 11.0. The van der Waals surface area contributed by atoms with Gasteiger partial charge in [-0.15, -0.1) is 0 Å². The molecule has 2 rings (SSSR count). The van der Waals surface area contributed by atoms with Crippen LogP contribution in [0.4, 0.5) is 11.5 Å². The summed E-state index contributed by atoms with van der Waals surface area (Å²) in [6, 6.07) is 4.85. The Morgan fingerprint density at radius 1 is 1.55 bits per heavy atom. The zero-order chi connectivity index (χ0) is 14.5. The maximum absolute atomic E-state index is 10.8. The molecular formula is C13H16N4O3. The fraction of sp³-hybridized carbons (Fsp3) is 0.538. The van der Waals surface area contributed by atoms with E-state index in [2.05, 4.69) is 4.98 Å². The highest BCUT2D eigenvalue weighted by molar-refractivity contribution is 5.52. The summed E-state index contributed by atoms with van der Waals surface area (Å²) < 4.78 is 0. The lowest BCUT2D eigenvalue weighted by atomic mass is 9.99. The smallest absolute Gasteiger partial charge is 0.305 e. The molecule has 1 fully saturated rings. The lowest BCUT2D eigenvalue weighted by Crippen LogP contribution is -2.40. The van der Waals surface area contributed by atoms with Crippen LogP contribution in [-0.4, -0.2) is 34.2 Å². The first-order valence-electron chi connectivity index (χ1n) is 6.60. The van der Waals surface area contributed by atoms with Gasteiger partial charge in [0.2, 0.25) is 5.69 Å². The zero-order valence-electron chi connectivity index (χ0n) is 11.0. The Balaban J connectivity index is 2.31. The van der Waals surface area contributed by atoms with Crippen molar-refractivity contribution >= 4 is 11.5 Å². The van der Waals surface area contributed by atoms with Gasteiger partial charge in [0.05, 0.1) is 4.92 Å². The molecule has 7 heteroatoms. The van der Waals surface area contributed by atoms with Gasteiger partial charge in [0.15, 0.2) is 0 Å². The van der Waals surface area contributed by atoms with Crippen molar-refractivity contribution in [3.63, 3.8) is 0 Å². The van der Waals surface area contributed by atoms with Gasteiger partial charge in [0, 0.05) is 25.3 Å². The number of aliphatic hydroxyl groups is 1. The van der Waals surface area contributed by atoms with Crippen LogP contribution < -0.4 is 4.90 Å². The van der Waals surface area contributed by atoms with E-state index in [0.717, 1.165) is 25.8 Å². The number of hydrogen-bond donors (Lipinski definition) is 1. The second kappa shape index (κ2) is 6.30. The third-order valence-corrected chi connectivity index (χ3v) is 3.55. The summed E-state index contributed by atoms with van der Waals surface area (Å²) in [6.45, 7) is 0.888. The Hall–Kier alpha value is -2.20. The van der Waals surface area contributed by atoms with Crippen molar-refractivity contribution in [2.24, 2.45) is 0 Å². The van der Waals surface area contributed by atoms with Crippen LogP contribution in [0.25, 0.3) is 0 Å². The number of anilines is 1. The molecule has 1 aliphatic rings. The summed E-state index contributed by atoms with van der Waals surface area (Å²) in [5.41, 5.74) is -0.437. The molecule has 1 N–H and O–H groups in total. The first kappa shape index (κ1) is 14.2. The van der Waals surface area contributed by atoms with Crippen molar-refractivity contribution in [3.05, 3.63) is 27.9 Å². The molecule has 0 amide bonds. The minimum atomic E-state index is -0.600. The lowest BCUT2D eigenvalue weighted by molar-refractivity contribution is -0.385. The minimum Gasteiger partial charge on any atom is -0.396 e. The number of nitriles is 1. The molecule has 1 unspecified atom stereocenters. The normalized spacial score (nSPS) is 18.6. The Morgan fingerprint density at radius 3 is 3.00 bits per heavy atom. The van der Waals surface area contributed by atoms with Crippen LogP contribution in [0.15, 0.2) is 12.1 Å². The molecule has 0 aliphatic carbocycles. The third kappa shape index (κ3) is 2.86. The van der Waals surface area contributed by atoms with Gasteiger partial charge in [-0.1, -0.05) is 0 Å². The molecule has 0 bridgehead atoms. The van der Waals surface area contributed by atoms with E-state index in [1.54, 1.807) is 12.1 Å². The van der Waals surface area contributed by atoms with Crippen LogP contribution >= 0.6 is 0 Å². The SMILES string of the molecule is N#Cc1nc(N2CCCCC2CCO)ccc1[N+](=O)[O-]. The second-order valence-corrected chi connectivity index (χ2v) is 4.76. The Labute approximate surface area is 116 Å². The average Bonchev–Trinajstić information content (AvgIpc) is 2.47. The van der Waals surface area contributed by atoms with E-state index in [1.807, 2.05) is 4.90 Å². The fourth-order valence-corrected chi connectivity index (χ4v) is 2.58. The predicted octanol–water partition coefficient (Wildman–Crippen LogP) is 1.60. The number of rotatable bonds is 4. The molecule has 1 atom stereocenters. The van der Waals surface area contributed by atoms with Crippen molar-refractivity contribution in [3.8, 4) is 6.07 Å². The van der Waals surface area contributed by atoms with Crippen molar-refractivity contribution in [2.45, 2.75) is 31.7 Å². The van der Waals surface area contributed by atoms with Crippen LogP contribution in [0.2, 0.25) is 0 Å². The van der Waals surface area contributed by atoms with Crippen molar-refractivity contribution in [1.29, 1.82) is 5.26 Å². The Kier molecular flexibility index (Phi) is 4.48. The Morgan fingerprint density at radius 2 is 2.35 bits per heavy atom. The van der Waals surface area contributed by atoms with E-state index >= 15 is 0 Å². The quantitative estimate of drug-likeness (QED) is 0.661. The van der Waals surface area contributed by atoms with Crippen molar-refractivity contribution in [1.82, 2.24) is 4.98 Å². The number of aliphatic hydroxyl groups excluding tert-OH is 1. The lowest BCUT2D eigenvalue weighted by Gasteiger charge is -2.36. The number of pyridine rings is 1. The standard InChI is InChI=1S/C13H16N4O3/c14-9-11-12(17(19)20)4-5-13(15-11)16-7-2-1-3-10(16)6-8-18/h4-5,10,18H,1-3,6-8H2. The summed E-state index contributed by atoms with van der Waals surface area (Å²) in [7, 11) is 0. The molecule has 1 aromatic rings. The molecular weight excluding hydrogens is 260 g/mol. The molecule has 1 aromatic heterocycles. The summed E-state index contributed by atoms with van der Waals surface area (Å²) in [5.74, 6) is 0.574. The third-order valence-electron chi connectivity index (χ3n) is 3.55. The molecule has 1 aliphatic heterocycles. The van der Waals surface area contributed by atoms with Gasteiger partial charge in [0.1, 0.15) is 11.9 Å². The van der Waals surface area contributed by atoms with Crippen LogP contribution in [0.3, 0.4) is 0 Å². The van der Waals surface area contributed by atoms with Crippen molar-refractivity contribution in [2.75, 3.05) is 18.1 Å². The first-order chi connectivity index (χ1) is 9.67. The van der Waals surface area contributed by atoms with Gasteiger partial charge in [-0.05, 0) is 31.7 Å². The van der Waals surface area contributed by atoms with E-state index in [0.29, 0.717) is 12.2 Å². The number of hydrogen-bond acceptors (Lipinski definition) is 6. The fourth-order valence-electron chi connectivity index (χ4n) is 2.58. The first-order valence-corrected chi connectivity index (χ1v) is 6.60. The molecule has 0 aromatic carbocycles. The van der Waals surface area contributed by atoms with E-state index < -0.39 is 4.92 Å². The van der Waals surface area contributed by atoms with Crippen LogP contribution in [0.1, 0.15) is 31.4 Å². The number of nitrogens with zero attached hydrogens (tertiary/aromatic N) is 4. The van der Waals surface area contributed by atoms with Gasteiger partial charge >= 0.3 is 5.69 Å².